The van der Waals surface area contributed by atoms with Crippen LogP contribution in [0.15, 0.2) is 17.6 Å². The van der Waals surface area contributed by atoms with Crippen LogP contribution in [0, 0.1) is 0 Å². The Morgan fingerprint density at radius 2 is 2.16 bits per heavy atom. The molecule has 1 aliphatic rings. The number of hydrogen-bond acceptors (Lipinski definition) is 4. The summed E-state index contributed by atoms with van der Waals surface area (Å²) in [6.45, 7) is 6.30. The minimum Gasteiger partial charge on any atom is -0.353 e. The third-order valence-corrected chi connectivity index (χ3v) is 5.27. The van der Waals surface area contributed by atoms with Crippen LogP contribution in [-0.4, -0.2) is 46.8 Å². The minimum absolute atomic E-state index is 0.0166. The van der Waals surface area contributed by atoms with Gasteiger partial charge in [-0.1, -0.05) is 0 Å². The van der Waals surface area contributed by atoms with Crippen molar-refractivity contribution in [1.29, 1.82) is 0 Å². The highest BCUT2D eigenvalue weighted by Gasteiger charge is 2.45. The molecule has 1 N–H and O–H groups in total. The summed E-state index contributed by atoms with van der Waals surface area (Å²) in [6.07, 6.45) is 2.96. The first-order valence-electron chi connectivity index (χ1n) is 6.13. The van der Waals surface area contributed by atoms with E-state index in [1.54, 1.807) is 18.4 Å². The van der Waals surface area contributed by atoms with Gasteiger partial charge in [0.25, 0.3) is 10.0 Å². The molecule has 1 aromatic rings. The number of amides is 1. The van der Waals surface area contributed by atoms with Crippen molar-refractivity contribution in [3.05, 3.63) is 12.5 Å². The standard InChI is InChI=1S/C11H18N4O3S/c1-4-14-7-9(13-8-14)19(17,18)15-6-5-12-10(16)11(15,2)3/h7-8H,4-6H2,1-3H3,(H,12,16). The molecule has 0 atom stereocenters. The molecular formula is C11H18N4O3S. The topological polar surface area (TPSA) is 84.3 Å². The number of rotatable bonds is 3. The van der Waals surface area contributed by atoms with Gasteiger partial charge in [-0.3, -0.25) is 4.79 Å². The highest BCUT2D eigenvalue weighted by Crippen LogP contribution is 2.25. The maximum absolute atomic E-state index is 12.5. The third kappa shape index (κ3) is 2.25. The van der Waals surface area contributed by atoms with E-state index >= 15 is 0 Å². The highest BCUT2D eigenvalue weighted by molar-refractivity contribution is 7.89. The third-order valence-electron chi connectivity index (χ3n) is 3.31. The molecule has 0 bridgehead atoms. The summed E-state index contributed by atoms with van der Waals surface area (Å²) >= 11 is 0. The van der Waals surface area contributed by atoms with E-state index < -0.39 is 15.6 Å². The Hall–Kier alpha value is -1.41. The van der Waals surface area contributed by atoms with Crippen molar-refractivity contribution in [3.63, 3.8) is 0 Å². The molecule has 19 heavy (non-hydrogen) atoms. The Balaban J connectivity index is 2.41. The molecule has 2 heterocycles. The molecule has 8 heteroatoms. The molecule has 1 fully saturated rings. The summed E-state index contributed by atoms with van der Waals surface area (Å²) < 4.78 is 28.0. The lowest BCUT2D eigenvalue weighted by atomic mass is 10.0. The fourth-order valence-electron chi connectivity index (χ4n) is 2.06. The molecule has 0 unspecified atom stereocenters. The van der Waals surface area contributed by atoms with Crippen LogP contribution in [-0.2, 0) is 21.4 Å². The van der Waals surface area contributed by atoms with Crippen molar-refractivity contribution < 1.29 is 13.2 Å². The summed E-state index contributed by atoms with van der Waals surface area (Å²) in [5.74, 6) is -0.294. The van der Waals surface area contributed by atoms with Crippen molar-refractivity contribution >= 4 is 15.9 Å². The van der Waals surface area contributed by atoms with E-state index in [0.29, 0.717) is 13.1 Å². The van der Waals surface area contributed by atoms with Gasteiger partial charge in [0.05, 0.1) is 6.33 Å². The number of aromatic nitrogens is 2. The molecule has 1 aromatic heterocycles. The van der Waals surface area contributed by atoms with Gasteiger partial charge in [0, 0.05) is 25.8 Å². The molecule has 1 amide bonds. The van der Waals surface area contributed by atoms with Crippen LogP contribution >= 0.6 is 0 Å². The Morgan fingerprint density at radius 3 is 2.74 bits per heavy atom. The number of piperazine rings is 1. The predicted octanol–water partition coefficient (Wildman–Crippen LogP) is -0.198. The number of nitrogens with zero attached hydrogens (tertiary/aromatic N) is 3. The molecule has 1 saturated heterocycles. The first-order chi connectivity index (χ1) is 8.80. The normalized spacial score (nSPS) is 20.3. The van der Waals surface area contributed by atoms with Crippen LogP contribution in [0.1, 0.15) is 20.8 Å². The van der Waals surface area contributed by atoms with Gasteiger partial charge in [-0.05, 0) is 20.8 Å². The van der Waals surface area contributed by atoms with E-state index in [-0.39, 0.29) is 17.5 Å². The second-order valence-electron chi connectivity index (χ2n) is 4.93. The fraction of sp³-hybridized carbons (Fsp3) is 0.636. The lowest BCUT2D eigenvalue weighted by Gasteiger charge is -2.39. The molecule has 0 spiro atoms. The molecule has 1 aliphatic heterocycles. The van der Waals surface area contributed by atoms with Gasteiger partial charge in [0.15, 0.2) is 5.03 Å². The minimum atomic E-state index is -3.75. The van der Waals surface area contributed by atoms with E-state index in [4.69, 9.17) is 0 Å². The zero-order valence-electron chi connectivity index (χ0n) is 11.3. The Labute approximate surface area is 112 Å². The second-order valence-corrected chi connectivity index (χ2v) is 6.74. The summed E-state index contributed by atoms with van der Waals surface area (Å²) in [5.41, 5.74) is -1.10. The predicted molar refractivity (Wildman–Crippen MR) is 68.9 cm³/mol. The molecule has 0 aliphatic carbocycles. The highest BCUT2D eigenvalue weighted by atomic mass is 32.2. The Kier molecular flexibility index (Phi) is 3.40. The first kappa shape index (κ1) is 14.0. The molecule has 0 saturated carbocycles. The second kappa shape index (κ2) is 4.61. The van der Waals surface area contributed by atoms with E-state index in [1.165, 1.54) is 16.8 Å². The SMILES string of the molecule is CCn1cnc(S(=O)(=O)N2CCNC(=O)C2(C)C)c1. The molecule has 106 valence electrons. The Morgan fingerprint density at radius 1 is 1.47 bits per heavy atom. The van der Waals surface area contributed by atoms with Crippen LogP contribution < -0.4 is 5.32 Å². The number of imidazole rings is 1. The molecule has 0 aromatic carbocycles. The number of carbonyl (C=O) groups excluding carboxylic acids is 1. The van der Waals surface area contributed by atoms with Crippen LogP contribution in [0.3, 0.4) is 0 Å². The number of nitrogens with one attached hydrogen (secondary N) is 1. The Bertz CT molecular complexity index is 591. The molecular weight excluding hydrogens is 268 g/mol. The maximum atomic E-state index is 12.5. The van der Waals surface area contributed by atoms with Crippen molar-refractivity contribution in [2.75, 3.05) is 13.1 Å². The smallest absolute Gasteiger partial charge is 0.263 e. The van der Waals surface area contributed by atoms with Gasteiger partial charge in [0.1, 0.15) is 5.54 Å². The van der Waals surface area contributed by atoms with E-state index in [9.17, 15) is 13.2 Å². The van der Waals surface area contributed by atoms with Crippen LogP contribution in [0.2, 0.25) is 0 Å². The van der Waals surface area contributed by atoms with Crippen molar-refractivity contribution in [2.24, 2.45) is 0 Å². The quantitative estimate of drug-likeness (QED) is 0.834. The maximum Gasteiger partial charge on any atom is 0.263 e. The monoisotopic (exact) mass is 286 g/mol. The van der Waals surface area contributed by atoms with Crippen LogP contribution in [0.5, 0.6) is 0 Å². The number of aryl methyl sites for hydroxylation is 1. The summed E-state index contributed by atoms with van der Waals surface area (Å²) in [7, 11) is -3.75. The van der Waals surface area contributed by atoms with Gasteiger partial charge in [-0.25, -0.2) is 13.4 Å². The first-order valence-corrected chi connectivity index (χ1v) is 7.57. The van der Waals surface area contributed by atoms with Gasteiger partial charge in [-0.15, -0.1) is 0 Å². The van der Waals surface area contributed by atoms with Crippen molar-refractivity contribution in [2.45, 2.75) is 37.9 Å². The van der Waals surface area contributed by atoms with Crippen LogP contribution in [0.25, 0.3) is 0 Å². The fourth-order valence-corrected chi connectivity index (χ4v) is 3.75. The zero-order chi connectivity index (χ0) is 14.3. The van der Waals surface area contributed by atoms with Crippen molar-refractivity contribution in [3.8, 4) is 0 Å². The summed E-state index contributed by atoms with van der Waals surface area (Å²) in [6, 6.07) is 0. The summed E-state index contributed by atoms with van der Waals surface area (Å²) in [5, 5.41) is 2.65. The number of sulfonamides is 1. The molecule has 2 rings (SSSR count). The van der Waals surface area contributed by atoms with E-state index in [1.807, 2.05) is 6.92 Å². The van der Waals surface area contributed by atoms with Gasteiger partial charge in [-0.2, -0.15) is 4.31 Å². The van der Waals surface area contributed by atoms with E-state index in [2.05, 4.69) is 10.3 Å². The lowest BCUT2D eigenvalue weighted by molar-refractivity contribution is -0.131. The van der Waals surface area contributed by atoms with Gasteiger partial charge >= 0.3 is 0 Å². The molecule has 0 radical (unpaired) electrons. The average Bonchev–Trinajstić information content (AvgIpc) is 2.81. The van der Waals surface area contributed by atoms with E-state index in [0.717, 1.165) is 0 Å². The average molecular weight is 286 g/mol. The van der Waals surface area contributed by atoms with Crippen LogP contribution in [0.4, 0.5) is 0 Å². The zero-order valence-corrected chi connectivity index (χ0v) is 12.1. The number of hydrogen-bond donors (Lipinski definition) is 1. The van der Waals surface area contributed by atoms with Crippen molar-refractivity contribution in [1.82, 2.24) is 19.2 Å². The van der Waals surface area contributed by atoms with Gasteiger partial charge in [0.2, 0.25) is 5.91 Å². The molecule has 7 nitrogen and oxygen atoms in total. The number of carbonyl (C=O) groups is 1. The van der Waals surface area contributed by atoms with Gasteiger partial charge < -0.3 is 9.88 Å². The lowest BCUT2D eigenvalue weighted by Crippen LogP contribution is -2.63. The largest absolute Gasteiger partial charge is 0.353 e. The summed E-state index contributed by atoms with van der Waals surface area (Å²) in [4.78, 5) is 15.7.